The highest BCUT2D eigenvalue weighted by Crippen LogP contribution is 2.37. The van der Waals surface area contributed by atoms with Crippen LogP contribution in [0.3, 0.4) is 0 Å². The van der Waals surface area contributed by atoms with Gasteiger partial charge in [-0.2, -0.15) is 0 Å². The SMILES string of the molecule is CCCSc1nnc(COc2ccccc2C2=NOC(c3ccc(Cl)cc3Cl)C2)n1NC(=O)c1ccccc1.NCC[C@H](O)C(=O)N[C@@H]1C[C@H](N)[C@@H](O[C@H]2O[C@H](CN)[C@@H](O)[C@H](O)[C@H]2O)[C@H](O)[C@H]1O[C@H]1O[C@H](CO)[C@@H](O)[C@H](N)[C@H]1O. The molecule has 18 N–H and O–H groups in total. The van der Waals surface area contributed by atoms with Gasteiger partial charge in [0.05, 0.1) is 24.4 Å². The number of nitrogens with zero attached hydrogens (tertiary/aromatic N) is 4. The van der Waals surface area contributed by atoms with Crippen molar-refractivity contribution in [2.75, 3.05) is 30.9 Å². The number of aliphatic hydroxyl groups is 8. The molecule has 26 nitrogen and oxygen atoms in total. The summed E-state index contributed by atoms with van der Waals surface area (Å²) in [5, 5.41) is 99.4. The Hall–Kier alpha value is -4.70. The molecule has 434 valence electrons. The van der Waals surface area contributed by atoms with Crippen LogP contribution in [0.25, 0.3) is 0 Å². The molecule has 2 saturated heterocycles. The van der Waals surface area contributed by atoms with E-state index in [-0.39, 0.29) is 44.5 Å². The Labute approximate surface area is 468 Å². The van der Waals surface area contributed by atoms with Gasteiger partial charge in [-0.05, 0) is 62.2 Å². The van der Waals surface area contributed by atoms with Gasteiger partial charge in [-0.3, -0.25) is 15.0 Å². The van der Waals surface area contributed by atoms with Gasteiger partial charge in [0.15, 0.2) is 24.5 Å². The lowest BCUT2D eigenvalue weighted by Crippen LogP contribution is -2.69. The van der Waals surface area contributed by atoms with Crippen LogP contribution in [0, 0.1) is 0 Å². The first kappa shape index (κ1) is 61.9. The third-order valence-corrected chi connectivity index (χ3v) is 15.1. The van der Waals surface area contributed by atoms with Crippen molar-refractivity contribution in [1.29, 1.82) is 0 Å². The number of ether oxygens (including phenoxy) is 5. The Bertz CT molecular complexity index is 2650. The first-order chi connectivity index (χ1) is 37.9. The third kappa shape index (κ3) is 15.1. The largest absolute Gasteiger partial charge is 0.485 e. The number of para-hydroxylation sites is 1. The highest BCUT2D eigenvalue weighted by molar-refractivity contribution is 7.99. The van der Waals surface area contributed by atoms with Crippen LogP contribution in [0.2, 0.25) is 10.0 Å². The number of nitrogens with one attached hydrogen (secondary N) is 2. The highest BCUT2D eigenvalue weighted by Gasteiger charge is 2.53. The van der Waals surface area contributed by atoms with Crippen molar-refractivity contribution in [3.63, 3.8) is 0 Å². The first-order valence-corrected chi connectivity index (χ1v) is 27.2. The lowest BCUT2D eigenvalue weighted by atomic mass is 9.83. The van der Waals surface area contributed by atoms with Gasteiger partial charge in [0.25, 0.3) is 5.91 Å². The number of carbonyl (C=O) groups is 2. The summed E-state index contributed by atoms with van der Waals surface area (Å²) < 4.78 is 30.3. The quantitative estimate of drug-likeness (QED) is 0.0447. The van der Waals surface area contributed by atoms with E-state index in [1.807, 2.05) is 48.5 Å². The van der Waals surface area contributed by atoms with E-state index in [1.54, 1.807) is 28.9 Å². The lowest BCUT2D eigenvalue weighted by molar-refractivity contribution is -0.332. The van der Waals surface area contributed by atoms with Gasteiger partial charge in [-0.1, -0.05) is 83.4 Å². The lowest BCUT2D eigenvalue weighted by Gasteiger charge is -2.49. The number of nitrogens with two attached hydrogens (primary N) is 4. The molecule has 4 heterocycles. The van der Waals surface area contributed by atoms with Gasteiger partial charge in [0.2, 0.25) is 11.1 Å². The normalized spacial score (nSPS) is 31.0. The second kappa shape index (κ2) is 28.8. The average Bonchev–Trinajstić information content (AvgIpc) is 4.11. The Morgan fingerprint density at radius 2 is 1.56 bits per heavy atom. The number of aliphatic hydroxyl groups excluding tert-OH is 8. The minimum atomic E-state index is -1.76. The summed E-state index contributed by atoms with van der Waals surface area (Å²) in [6.45, 7) is 1.26. The molecule has 4 aliphatic rings. The van der Waals surface area contributed by atoms with Crippen molar-refractivity contribution in [3.05, 3.63) is 105 Å². The Kier molecular flexibility index (Phi) is 22.6. The van der Waals surface area contributed by atoms with Crippen LogP contribution in [0.4, 0.5) is 0 Å². The zero-order valence-corrected chi connectivity index (χ0v) is 45.0. The molecule has 3 aliphatic heterocycles. The van der Waals surface area contributed by atoms with Crippen LogP contribution in [-0.2, 0) is 35.2 Å². The summed E-state index contributed by atoms with van der Waals surface area (Å²) in [6.07, 6.45) is -18.7. The van der Waals surface area contributed by atoms with Gasteiger partial charge in [-0.15, -0.1) is 10.2 Å². The molecule has 1 aromatic heterocycles. The third-order valence-electron chi connectivity index (χ3n) is 13.4. The van der Waals surface area contributed by atoms with Gasteiger partial charge in [0, 0.05) is 51.5 Å². The molecule has 1 unspecified atom stereocenters. The van der Waals surface area contributed by atoms with E-state index in [4.69, 9.17) is 74.7 Å². The van der Waals surface area contributed by atoms with Gasteiger partial charge < -0.3 is 97.6 Å². The van der Waals surface area contributed by atoms with Crippen molar-refractivity contribution in [3.8, 4) is 5.75 Å². The fourth-order valence-electron chi connectivity index (χ4n) is 9.05. The van der Waals surface area contributed by atoms with Crippen LogP contribution < -0.4 is 38.4 Å². The fourth-order valence-corrected chi connectivity index (χ4v) is 10.4. The van der Waals surface area contributed by atoms with E-state index < -0.39 is 110 Å². The molecule has 1 saturated carbocycles. The van der Waals surface area contributed by atoms with E-state index in [1.165, 1.54) is 11.8 Å². The number of hydrogen-bond acceptors (Lipinski definition) is 24. The predicted molar refractivity (Wildman–Crippen MR) is 285 cm³/mol. The van der Waals surface area contributed by atoms with Crippen LogP contribution >= 0.6 is 35.0 Å². The monoisotopic (exact) mass is 1170 g/mol. The molecule has 0 radical (unpaired) electrons. The molecule has 3 aromatic carbocycles. The average molecular weight is 1170 g/mol. The zero-order valence-electron chi connectivity index (χ0n) is 42.7. The van der Waals surface area contributed by atoms with Crippen molar-refractivity contribution in [1.82, 2.24) is 20.2 Å². The number of benzene rings is 3. The van der Waals surface area contributed by atoms with Gasteiger partial charge in [0.1, 0.15) is 79.5 Å². The fraction of sp³-hybridized carbons (Fsp3) is 0.540. The number of halogens is 2. The molecule has 79 heavy (non-hydrogen) atoms. The number of thioether (sulfide) groups is 1. The Morgan fingerprint density at radius 1 is 0.861 bits per heavy atom. The Morgan fingerprint density at radius 3 is 2.25 bits per heavy atom. The summed E-state index contributed by atoms with van der Waals surface area (Å²) in [5.41, 5.74) is 28.9. The van der Waals surface area contributed by atoms with Crippen LogP contribution in [0.15, 0.2) is 83.1 Å². The van der Waals surface area contributed by atoms with Crippen LogP contribution in [0.1, 0.15) is 66.0 Å². The maximum absolute atomic E-state index is 12.9. The Balaban J connectivity index is 0.000000229. The van der Waals surface area contributed by atoms with E-state index in [0.29, 0.717) is 38.8 Å². The van der Waals surface area contributed by atoms with E-state index >= 15 is 0 Å². The van der Waals surface area contributed by atoms with E-state index in [0.717, 1.165) is 29.0 Å². The molecule has 3 fully saturated rings. The van der Waals surface area contributed by atoms with Crippen LogP contribution in [-0.4, -0.2) is 197 Å². The standard InChI is InChI=1S/C28H25Cl2N5O3S.C22H43N5O13/c1-2-14-39-28-32-31-26(35(28)33-27(36)18-8-4-3-5-9-18)17-37-24-11-7-6-10-21(24)23-16-25(38-34-23)20-13-12-19(29)15-22(20)30;23-2-1-8(29)20(36)27-7-3-6(25)18(39-22-16(34)15(33)13(31)9(4-24)37-22)17(35)19(7)40-21-14(32)11(26)12(30)10(5-28)38-21/h3-13,15,25H,2,14,16-17H2,1H3,(H,33,36);6-19,21-22,28-35H,1-5,23-26H2,(H,27,36)/t;6-,7+,8-,9+,10+,11-,12+,13+,14+,15-,16+,17-,18+,19-,21+,22+/m.0/s1. The number of amides is 2. The summed E-state index contributed by atoms with van der Waals surface area (Å²) >= 11 is 13.9. The summed E-state index contributed by atoms with van der Waals surface area (Å²) in [5.74, 6) is 0.793. The first-order valence-electron chi connectivity index (χ1n) is 25.4. The van der Waals surface area contributed by atoms with Crippen molar-refractivity contribution >= 4 is 52.5 Å². The summed E-state index contributed by atoms with van der Waals surface area (Å²) in [6, 6.07) is 18.4. The molecule has 8 rings (SSSR count). The highest BCUT2D eigenvalue weighted by atomic mass is 35.5. The number of rotatable bonds is 20. The van der Waals surface area contributed by atoms with Crippen molar-refractivity contribution < 1.29 is 79.0 Å². The number of oxime groups is 1. The topological polar surface area (TPSA) is 423 Å². The molecule has 2 amide bonds. The van der Waals surface area contributed by atoms with E-state index in [2.05, 4.69) is 33.0 Å². The molecule has 1 aliphatic carbocycles. The van der Waals surface area contributed by atoms with Gasteiger partial charge in [-0.25, -0.2) is 4.68 Å². The molecular weight excluding hydrogens is 1100 g/mol. The van der Waals surface area contributed by atoms with Crippen molar-refractivity contribution in [2.24, 2.45) is 28.1 Å². The summed E-state index contributed by atoms with van der Waals surface area (Å²) in [7, 11) is 0. The van der Waals surface area contributed by atoms with Crippen LogP contribution in [0.5, 0.6) is 5.75 Å². The molecular formula is C50H68Cl2N10O16S. The second-order valence-electron chi connectivity index (χ2n) is 19.0. The molecule has 29 heteroatoms. The zero-order chi connectivity index (χ0) is 57.1. The molecule has 0 bridgehead atoms. The number of hydrogen-bond donors (Lipinski definition) is 14. The molecule has 17 atom stereocenters. The smallest absolute Gasteiger partial charge is 0.270 e. The maximum atomic E-state index is 12.9. The number of aromatic nitrogens is 3. The van der Waals surface area contributed by atoms with Gasteiger partial charge >= 0.3 is 0 Å². The van der Waals surface area contributed by atoms with E-state index in [9.17, 15) is 50.4 Å². The molecule has 4 aromatic rings. The minimum Gasteiger partial charge on any atom is -0.485 e. The second-order valence-corrected chi connectivity index (χ2v) is 20.9. The number of carbonyl (C=O) groups excluding carboxylic acids is 2. The minimum absolute atomic E-state index is 0.0101. The summed E-state index contributed by atoms with van der Waals surface area (Å²) in [4.78, 5) is 31.2. The predicted octanol–water partition coefficient (Wildman–Crippen LogP) is -1.51. The van der Waals surface area contributed by atoms with Crippen molar-refractivity contribution in [2.45, 2.75) is 148 Å². The maximum Gasteiger partial charge on any atom is 0.270 e. The molecule has 0 spiro atoms.